The number of Topliss-reactive ketones (excluding diaryl/α,β-unsaturated/α-hetero) is 1. The summed E-state index contributed by atoms with van der Waals surface area (Å²) in [6.45, 7) is 0.378. The smallest absolute Gasteiger partial charge is 0.176 e. The number of likely N-dealkylation sites (N-methyl/N-ethyl adjacent to an activating group) is 1. The number of carbonyl (C=O) groups is 1. The van der Waals surface area contributed by atoms with Crippen LogP contribution in [0.3, 0.4) is 0 Å². The number of nitrogens with one attached hydrogen (secondary N) is 1. The fraction of sp³-hybridized carbons (Fsp3) is 0.462. The number of benzene rings is 1. The zero-order valence-corrected chi connectivity index (χ0v) is 9.53. The molecule has 2 rings (SSSR count). The van der Waals surface area contributed by atoms with E-state index in [1.54, 1.807) is 7.05 Å². The number of ether oxygens (including phenoxy) is 1. The maximum atomic E-state index is 11.5. The van der Waals surface area contributed by atoms with E-state index in [1.165, 1.54) is 6.42 Å². The molecule has 1 aromatic carbocycles. The van der Waals surface area contributed by atoms with Gasteiger partial charge >= 0.3 is 0 Å². The topological polar surface area (TPSA) is 38.3 Å². The van der Waals surface area contributed by atoms with Crippen molar-refractivity contribution in [3.8, 4) is 5.75 Å². The molecule has 0 aromatic heterocycles. The second-order valence-corrected chi connectivity index (χ2v) is 4.15. The van der Waals surface area contributed by atoms with E-state index in [0.717, 1.165) is 24.2 Å². The second kappa shape index (κ2) is 5.12. The van der Waals surface area contributed by atoms with Crippen molar-refractivity contribution in [2.45, 2.75) is 25.4 Å². The summed E-state index contributed by atoms with van der Waals surface area (Å²) in [4.78, 5) is 11.5. The van der Waals surface area contributed by atoms with E-state index in [1.807, 2.05) is 24.3 Å². The highest BCUT2D eigenvalue weighted by Gasteiger charge is 2.18. The molecule has 1 aliphatic rings. The third-order valence-corrected chi connectivity index (χ3v) is 2.87. The molecule has 0 spiro atoms. The van der Waals surface area contributed by atoms with Gasteiger partial charge in [-0.05, 0) is 50.6 Å². The number of carbonyl (C=O) groups excluding carboxylic acids is 1. The molecule has 0 radical (unpaired) electrons. The molecule has 0 unspecified atom stereocenters. The quantitative estimate of drug-likeness (QED) is 0.770. The van der Waals surface area contributed by atoms with Crippen LogP contribution >= 0.6 is 0 Å². The van der Waals surface area contributed by atoms with Crippen LogP contribution in [-0.2, 0) is 0 Å². The van der Waals surface area contributed by atoms with E-state index in [0.29, 0.717) is 12.6 Å². The van der Waals surface area contributed by atoms with Crippen molar-refractivity contribution in [3.05, 3.63) is 29.8 Å². The average Bonchev–Trinajstić information content (AvgIpc) is 2.25. The van der Waals surface area contributed by atoms with Gasteiger partial charge in [0, 0.05) is 5.56 Å². The van der Waals surface area contributed by atoms with Gasteiger partial charge in [0.15, 0.2) is 5.78 Å². The molecule has 0 atom stereocenters. The maximum Gasteiger partial charge on any atom is 0.176 e. The molecular weight excluding hydrogens is 202 g/mol. The predicted octanol–water partition coefficient (Wildman–Crippen LogP) is 2.02. The van der Waals surface area contributed by atoms with Gasteiger partial charge in [0.1, 0.15) is 5.75 Å². The standard InChI is InChI=1S/C13H17NO2/c1-14-9-13(15)10-5-7-12(8-6-10)16-11-3-2-4-11/h5-8,11,14H,2-4,9H2,1H3. The van der Waals surface area contributed by atoms with E-state index >= 15 is 0 Å². The molecular formula is C13H17NO2. The van der Waals surface area contributed by atoms with Crippen molar-refractivity contribution >= 4 is 5.78 Å². The highest BCUT2D eigenvalue weighted by molar-refractivity contribution is 5.97. The van der Waals surface area contributed by atoms with Gasteiger partial charge in [-0.15, -0.1) is 0 Å². The Bertz CT molecular complexity index is 355. The maximum absolute atomic E-state index is 11.5. The van der Waals surface area contributed by atoms with E-state index < -0.39 is 0 Å². The van der Waals surface area contributed by atoms with Gasteiger partial charge in [0.2, 0.25) is 0 Å². The lowest BCUT2D eigenvalue weighted by atomic mass is 9.96. The Labute approximate surface area is 95.8 Å². The molecule has 0 bridgehead atoms. The number of hydrogen-bond acceptors (Lipinski definition) is 3. The first-order valence-electron chi connectivity index (χ1n) is 5.74. The molecule has 0 aliphatic heterocycles. The molecule has 1 aliphatic carbocycles. The van der Waals surface area contributed by atoms with Gasteiger partial charge in [0.05, 0.1) is 12.6 Å². The lowest BCUT2D eigenvalue weighted by molar-refractivity contribution is 0.0993. The molecule has 3 heteroatoms. The summed E-state index contributed by atoms with van der Waals surface area (Å²) in [7, 11) is 1.77. The molecule has 1 fully saturated rings. The highest BCUT2D eigenvalue weighted by atomic mass is 16.5. The molecule has 0 heterocycles. The molecule has 0 saturated heterocycles. The minimum Gasteiger partial charge on any atom is -0.490 e. The van der Waals surface area contributed by atoms with Crippen LogP contribution in [0.2, 0.25) is 0 Å². The van der Waals surface area contributed by atoms with E-state index in [-0.39, 0.29) is 5.78 Å². The average molecular weight is 219 g/mol. The van der Waals surface area contributed by atoms with Gasteiger partial charge in [-0.2, -0.15) is 0 Å². The van der Waals surface area contributed by atoms with Crippen molar-refractivity contribution in [1.29, 1.82) is 0 Å². The summed E-state index contributed by atoms with van der Waals surface area (Å²) >= 11 is 0. The predicted molar refractivity (Wildman–Crippen MR) is 63.0 cm³/mol. The Hall–Kier alpha value is -1.35. The summed E-state index contributed by atoms with van der Waals surface area (Å²) in [6, 6.07) is 7.41. The minimum absolute atomic E-state index is 0.109. The van der Waals surface area contributed by atoms with Crippen LogP contribution in [0, 0.1) is 0 Å². The van der Waals surface area contributed by atoms with Crippen LogP contribution in [0.5, 0.6) is 5.75 Å². The summed E-state index contributed by atoms with van der Waals surface area (Å²) in [5.41, 5.74) is 0.732. The Kier molecular flexibility index (Phi) is 3.57. The zero-order valence-electron chi connectivity index (χ0n) is 9.53. The van der Waals surface area contributed by atoms with Crippen LogP contribution in [-0.4, -0.2) is 25.5 Å². The van der Waals surface area contributed by atoms with Gasteiger partial charge in [-0.1, -0.05) is 0 Å². The van der Waals surface area contributed by atoms with Crippen molar-refractivity contribution in [2.75, 3.05) is 13.6 Å². The summed E-state index contributed by atoms with van der Waals surface area (Å²) in [5, 5.41) is 2.85. The van der Waals surface area contributed by atoms with Crippen LogP contribution < -0.4 is 10.1 Å². The first kappa shape index (κ1) is 11.1. The highest BCUT2D eigenvalue weighted by Crippen LogP contribution is 2.25. The molecule has 1 saturated carbocycles. The van der Waals surface area contributed by atoms with E-state index in [4.69, 9.17) is 4.74 Å². The second-order valence-electron chi connectivity index (χ2n) is 4.15. The number of hydrogen-bond donors (Lipinski definition) is 1. The van der Waals surface area contributed by atoms with Crippen molar-refractivity contribution in [3.63, 3.8) is 0 Å². The Morgan fingerprint density at radius 2 is 2.06 bits per heavy atom. The van der Waals surface area contributed by atoms with E-state index in [2.05, 4.69) is 5.32 Å². The van der Waals surface area contributed by atoms with Gasteiger partial charge in [0.25, 0.3) is 0 Å². The van der Waals surface area contributed by atoms with Gasteiger partial charge < -0.3 is 10.1 Å². The fourth-order valence-corrected chi connectivity index (χ4v) is 1.66. The Morgan fingerprint density at radius 1 is 1.38 bits per heavy atom. The summed E-state index contributed by atoms with van der Waals surface area (Å²) in [5.74, 6) is 0.975. The van der Waals surface area contributed by atoms with Gasteiger partial charge in [-0.3, -0.25) is 4.79 Å². The monoisotopic (exact) mass is 219 g/mol. The summed E-state index contributed by atoms with van der Waals surface area (Å²) in [6.07, 6.45) is 3.96. The Morgan fingerprint density at radius 3 is 2.56 bits per heavy atom. The normalized spacial score (nSPS) is 15.6. The largest absolute Gasteiger partial charge is 0.490 e. The van der Waals surface area contributed by atoms with Crippen LogP contribution in [0.15, 0.2) is 24.3 Å². The third kappa shape index (κ3) is 2.61. The van der Waals surface area contributed by atoms with Crippen molar-refractivity contribution in [1.82, 2.24) is 5.32 Å². The zero-order chi connectivity index (χ0) is 11.4. The Balaban J connectivity index is 1.95. The first-order valence-corrected chi connectivity index (χ1v) is 5.74. The lowest BCUT2D eigenvalue weighted by Gasteiger charge is -2.26. The minimum atomic E-state index is 0.109. The van der Waals surface area contributed by atoms with Crippen molar-refractivity contribution in [2.24, 2.45) is 0 Å². The number of rotatable bonds is 5. The molecule has 16 heavy (non-hydrogen) atoms. The summed E-state index contributed by atoms with van der Waals surface area (Å²) < 4.78 is 5.72. The molecule has 1 aromatic rings. The number of ketones is 1. The van der Waals surface area contributed by atoms with Crippen LogP contribution in [0.4, 0.5) is 0 Å². The van der Waals surface area contributed by atoms with E-state index in [9.17, 15) is 4.79 Å². The fourth-order valence-electron chi connectivity index (χ4n) is 1.66. The molecule has 3 nitrogen and oxygen atoms in total. The van der Waals surface area contributed by atoms with Crippen LogP contribution in [0.1, 0.15) is 29.6 Å². The van der Waals surface area contributed by atoms with Crippen LogP contribution in [0.25, 0.3) is 0 Å². The van der Waals surface area contributed by atoms with Gasteiger partial charge in [-0.25, -0.2) is 0 Å². The molecule has 1 N–H and O–H groups in total. The molecule has 0 amide bonds. The van der Waals surface area contributed by atoms with Crippen molar-refractivity contribution < 1.29 is 9.53 Å². The molecule has 86 valence electrons. The third-order valence-electron chi connectivity index (χ3n) is 2.87. The lowest BCUT2D eigenvalue weighted by Crippen LogP contribution is -2.24. The SMILES string of the molecule is CNCC(=O)c1ccc(OC2CCC2)cc1. The first-order chi connectivity index (χ1) is 7.79.